The van der Waals surface area contributed by atoms with E-state index in [1.807, 2.05) is 19.1 Å². The van der Waals surface area contributed by atoms with Gasteiger partial charge in [0.25, 0.3) is 0 Å². The Labute approximate surface area is 99.5 Å². The molecule has 0 aliphatic rings. The first-order valence-electron chi connectivity index (χ1n) is 5.38. The van der Waals surface area contributed by atoms with Crippen molar-refractivity contribution in [3.8, 4) is 0 Å². The molecular formula is C12H16N2OS. The van der Waals surface area contributed by atoms with Crippen LogP contribution in [0.3, 0.4) is 0 Å². The van der Waals surface area contributed by atoms with E-state index in [4.69, 9.17) is 4.42 Å². The molecule has 3 nitrogen and oxygen atoms in total. The summed E-state index contributed by atoms with van der Waals surface area (Å²) in [4.78, 5) is 4.47. The van der Waals surface area contributed by atoms with Gasteiger partial charge in [-0.25, -0.2) is 4.98 Å². The third-order valence-corrected chi connectivity index (χ3v) is 3.34. The lowest BCUT2D eigenvalue weighted by Gasteiger charge is -2.16. The molecule has 2 heterocycles. The first-order chi connectivity index (χ1) is 7.66. The molecule has 0 aliphatic carbocycles. The first kappa shape index (κ1) is 11.4. The quantitative estimate of drug-likeness (QED) is 0.883. The van der Waals surface area contributed by atoms with Crippen LogP contribution in [0.15, 0.2) is 28.2 Å². The van der Waals surface area contributed by atoms with Gasteiger partial charge < -0.3 is 4.42 Å². The minimum atomic E-state index is 0.201. The minimum Gasteiger partial charge on any atom is -0.468 e. The molecule has 86 valence electrons. The van der Waals surface area contributed by atoms with Crippen LogP contribution in [-0.2, 0) is 0 Å². The van der Waals surface area contributed by atoms with Crippen molar-refractivity contribution in [3.05, 3.63) is 40.2 Å². The predicted octanol–water partition coefficient (Wildman–Crippen LogP) is 3.46. The summed E-state index contributed by atoms with van der Waals surface area (Å²) in [6.45, 7) is 6.24. The molecule has 1 unspecified atom stereocenters. The number of thiazole rings is 1. The predicted molar refractivity (Wildman–Crippen MR) is 65.5 cm³/mol. The van der Waals surface area contributed by atoms with E-state index in [0.29, 0.717) is 0 Å². The van der Waals surface area contributed by atoms with Crippen molar-refractivity contribution in [2.24, 2.45) is 0 Å². The fourth-order valence-electron chi connectivity index (χ4n) is 1.66. The molecule has 0 radical (unpaired) electrons. The van der Waals surface area contributed by atoms with E-state index in [2.05, 4.69) is 29.5 Å². The molecule has 2 atom stereocenters. The molecule has 2 aromatic heterocycles. The van der Waals surface area contributed by atoms with Gasteiger partial charge in [-0.2, -0.15) is 0 Å². The van der Waals surface area contributed by atoms with Gasteiger partial charge in [0, 0.05) is 11.4 Å². The Kier molecular flexibility index (Phi) is 3.41. The Morgan fingerprint density at radius 1 is 1.38 bits per heavy atom. The number of hydrogen-bond acceptors (Lipinski definition) is 4. The largest absolute Gasteiger partial charge is 0.468 e. The molecule has 0 fully saturated rings. The topological polar surface area (TPSA) is 38.1 Å². The van der Waals surface area contributed by atoms with Gasteiger partial charge >= 0.3 is 0 Å². The summed E-state index contributed by atoms with van der Waals surface area (Å²) in [6.07, 6.45) is 1.70. The minimum absolute atomic E-state index is 0.201. The number of nitrogens with one attached hydrogen (secondary N) is 1. The zero-order valence-corrected chi connectivity index (χ0v) is 10.5. The maximum Gasteiger partial charge on any atom is 0.120 e. The van der Waals surface area contributed by atoms with Crippen LogP contribution in [0.4, 0.5) is 0 Å². The summed E-state index contributed by atoms with van der Waals surface area (Å²) in [6, 6.07) is 4.33. The molecular weight excluding hydrogens is 220 g/mol. The number of hydrogen-bond donors (Lipinski definition) is 1. The molecule has 0 amide bonds. The molecule has 0 aliphatic heterocycles. The molecule has 0 bridgehead atoms. The summed E-state index contributed by atoms with van der Waals surface area (Å²) in [7, 11) is 0. The number of nitrogens with zero attached hydrogens (tertiary/aromatic N) is 1. The van der Waals surface area contributed by atoms with Crippen LogP contribution in [0.1, 0.15) is 42.4 Å². The second kappa shape index (κ2) is 4.80. The van der Waals surface area contributed by atoms with E-state index in [-0.39, 0.29) is 12.1 Å². The van der Waals surface area contributed by atoms with Crippen molar-refractivity contribution in [3.63, 3.8) is 0 Å². The van der Waals surface area contributed by atoms with Gasteiger partial charge in [-0.1, -0.05) is 0 Å². The van der Waals surface area contributed by atoms with Gasteiger partial charge in [0.05, 0.1) is 23.0 Å². The number of aromatic nitrogens is 1. The summed E-state index contributed by atoms with van der Waals surface area (Å²) >= 11 is 1.68. The first-order valence-corrected chi connectivity index (χ1v) is 6.26. The van der Waals surface area contributed by atoms with Crippen LogP contribution in [0.5, 0.6) is 0 Å². The standard InChI is InChI=1S/C12H16N2OS/c1-8(11-7-16-10(3)14-11)13-9(2)12-5-4-6-15-12/h4-9,13H,1-3H3/t8?,9-/m0/s1. The summed E-state index contributed by atoms with van der Waals surface area (Å²) < 4.78 is 5.36. The Morgan fingerprint density at radius 2 is 2.19 bits per heavy atom. The van der Waals surface area contributed by atoms with Crippen LogP contribution in [-0.4, -0.2) is 4.98 Å². The van der Waals surface area contributed by atoms with Crippen molar-refractivity contribution in [2.75, 3.05) is 0 Å². The smallest absolute Gasteiger partial charge is 0.120 e. The molecule has 2 aromatic rings. The van der Waals surface area contributed by atoms with Gasteiger partial charge in [-0.3, -0.25) is 5.32 Å². The normalized spacial score (nSPS) is 14.9. The van der Waals surface area contributed by atoms with Crippen LogP contribution in [0, 0.1) is 6.92 Å². The van der Waals surface area contributed by atoms with Gasteiger partial charge in [-0.15, -0.1) is 11.3 Å². The van der Waals surface area contributed by atoms with Crippen molar-refractivity contribution < 1.29 is 4.42 Å². The van der Waals surface area contributed by atoms with Crippen molar-refractivity contribution in [1.29, 1.82) is 0 Å². The van der Waals surface area contributed by atoms with Crippen molar-refractivity contribution >= 4 is 11.3 Å². The molecule has 0 saturated carbocycles. The lowest BCUT2D eigenvalue weighted by molar-refractivity contribution is 0.400. The SMILES string of the molecule is Cc1nc(C(C)N[C@@H](C)c2ccco2)cs1. The number of aryl methyl sites for hydroxylation is 1. The summed E-state index contributed by atoms with van der Waals surface area (Å²) in [5.74, 6) is 0.957. The van der Waals surface area contributed by atoms with E-state index in [9.17, 15) is 0 Å². The Hall–Kier alpha value is -1.13. The maximum atomic E-state index is 5.36. The fraction of sp³-hybridized carbons (Fsp3) is 0.417. The zero-order chi connectivity index (χ0) is 11.5. The highest BCUT2D eigenvalue weighted by molar-refractivity contribution is 7.09. The van der Waals surface area contributed by atoms with Gasteiger partial charge in [-0.05, 0) is 32.9 Å². The van der Waals surface area contributed by atoms with Crippen molar-refractivity contribution in [2.45, 2.75) is 32.9 Å². The third kappa shape index (κ3) is 2.51. The molecule has 4 heteroatoms. The monoisotopic (exact) mass is 236 g/mol. The van der Waals surface area contributed by atoms with E-state index in [1.54, 1.807) is 17.6 Å². The Balaban J connectivity index is 2.00. The average Bonchev–Trinajstić information content (AvgIpc) is 2.87. The van der Waals surface area contributed by atoms with E-state index >= 15 is 0 Å². The zero-order valence-electron chi connectivity index (χ0n) is 9.73. The third-order valence-electron chi connectivity index (χ3n) is 2.55. The lowest BCUT2D eigenvalue weighted by Crippen LogP contribution is -2.22. The highest BCUT2D eigenvalue weighted by Gasteiger charge is 2.14. The van der Waals surface area contributed by atoms with Gasteiger partial charge in [0.15, 0.2) is 0 Å². The molecule has 0 saturated heterocycles. The van der Waals surface area contributed by atoms with Crippen LogP contribution < -0.4 is 5.32 Å². The van der Waals surface area contributed by atoms with Gasteiger partial charge in [0.1, 0.15) is 5.76 Å². The molecule has 2 rings (SSSR count). The summed E-state index contributed by atoms with van der Waals surface area (Å²) in [5.41, 5.74) is 1.10. The average molecular weight is 236 g/mol. The lowest BCUT2D eigenvalue weighted by atomic mass is 10.2. The van der Waals surface area contributed by atoms with E-state index in [1.165, 1.54) is 0 Å². The Morgan fingerprint density at radius 3 is 2.75 bits per heavy atom. The molecule has 1 N–H and O–H groups in total. The van der Waals surface area contributed by atoms with E-state index in [0.717, 1.165) is 16.5 Å². The Bertz CT molecular complexity index is 436. The highest BCUT2D eigenvalue weighted by Crippen LogP contribution is 2.20. The second-order valence-electron chi connectivity index (χ2n) is 3.92. The molecule has 16 heavy (non-hydrogen) atoms. The fourth-order valence-corrected chi connectivity index (χ4v) is 2.37. The molecule has 0 aromatic carbocycles. The van der Waals surface area contributed by atoms with Crippen LogP contribution in [0.25, 0.3) is 0 Å². The molecule has 0 spiro atoms. The van der Waals surface area contributed by atoms with Crippen LogP contribution in [0.2, 0.25) is 0 Å². The van der Waals surface area contributed by atoms with Crippen LogP contribution >= 0.6 is 11.3 Å². The number of rotatable bonds is 4. The van der Waals surface area contributed by atoms with Crippen molar-refractivity contribution in [1.82, 2.24) is 10.3 Å². The highest BCUT2D eigenvalue weighted by atomic mass is 32.1. The maximum absolute atomic E-state index is 5.36. The summed E-state index contributed by atoms with van der Waals surface area (Å²) in [5, 5.41) is 6.67. The number of furan rings is 1. The van der Waals surface area contributed by atoms with Gasteiger partial charge in [0.2, 0.25) is 0 Å². The van der Waals surface area contributed by atoms with E-state index < -0.39 is 0 Å². The second-order valence-corrected chi connectivity index (χ2v) is 4.98.